The molecule has 1 unspecified atom stereocenters. The van der Waals surface area contributed by atoms with Crippen molar-refractivity contribution < 1.29 is 4.74 Å². The normalized spacial score (nSPS) is 15.6. The number of rotatable bonds is 8. The fourth-order valence-electron chi connectivity index (χ4n) is 5.09. The molecule has 0 spiro atoms. The molecule has 33 heavy (non-hydrogen) atoms. The first-order valence-corrected chi connectivity index (χ1v) is 11.9. The number of nitrogens with one attached hydrogen (secondary N) is 1. The molecule has 1 N–H and O–H groups in total. The van der Waals surface area contributed by atoms with E-state index in [1.165, 1.54) is 35.1 Å². The molecule has 4 aromatic rings. The second-order valence-electron chi connectivity index (χ2n) is 9.54. The number of nitrogens with zero attached hydrogens (tertiary/aromatic N) is 2. The van der Waals surface area contributed by atoms with Crippen LogP contribution in [0.2, 0.25) is 0 Å². The van der Waals surface area contributed by atoms with Crippen LogP contribution in [0.3, 0.4) is 0 Å². The zero-order valence-electron chi connectivity index (χ0n) is 19.8. The van der Waals surface area contributed by atoms with Gasteiger partial charge in [0.1, 0.15) is 0 Å². The largest absolute Gasteiger partial charge is 0.383 e. The van der Waals surface area contributed by atoms with Crippen molar-refractivity contribution in [1.82, 2.24) is 9.13 Å². The summed E-state index contributed by atoms with van der Waals surface area (Å²) < 4.78 is 10.1. The maximum Gasteiger partial charge on any atom is 0.203 e. The number of aromatic nitrogens is 2. The summed E-state index contributed by atoms with van der Waals surface area (Å²) in [5, 5.41) is 9.40. The van der Waals surface area contributed by atoms with Crippen molar-refractivity contribution in [2.45, 2.75) is 45.2 Å². The highest BCUT2D eigenvalue weighted by molar-refractivity contribution is 5.76. The lowest BCUT2D eigenvalue weighted by Crippen LogP contribution is -2.33. The molecule has 0 aliphatic heterocycles. The van der Waals surface area contributed by atoms with E-state index >= 15 is 0 Å². The predicted molar refractivity (Wildman–Crippen MR) is 134 cm³/mol. The summed E-state index contributed by atoms with van der Waals surface area (Å²) in [5.74, 6) is 0.582. The molecule has 1 heterocycles. The van der Waals surface area contributed by atoms with Gasteiger partial charge in [0.05, 0.1) is 29.7 Å². The van der Waals surface area contributed by atoms with Gasteiger partial charge in [-0.25, -0.2) is 0 Å². The number of methoxy groups -OCH3 is 1. The van der Waals surface area contributed by atoms with Crippen molar-refractivity contribution in [3.8, 4) is 0 Å². The van der Waals surface area contributed by atoms with Crippen LogP contribution in [0.1, 0.15) is 47.2 Å². The van der Waals surface area contributed by atoms with E-state index in [1.54, 1.807) is 7.11 Å². The Bertz CT molecular complexity index is 1290. The number of benzene rings is 3. The lowest BCUT2D eigenvalue weighted by molar-refractivity contribution is 0.154. The first-order chi connectivity index (χ1) is 16.1. The molecule has 0 saturated heterocycles. The zero-order chi connectivity index (χ0) is 22.9. The van der Waals surface area contributed by atoms with E-state index in [2.05, 4.69) is 95.8 Å². The fraction of sp³-hybridized carbons (Fsp3) is 0.345. The van der Waals surface area contributed by atoms with E-state index in [1.807, 2.05) is 0 Å². The minimum atomic E-state index is 0.0502. The Morgan fingerprint density at radius 2 is 1.42 bits per heavy atom. The van der Waals surface area contributed by atoms with Gasteiger partial charge in [-0.05, 0) is 62.3 Å². The van der Waals surface area contributed by atoms with Crippen LogP contribution in [-0.4, -0.2) is 22.9 Å². The highest BCUT2D eigenvalue weighted by Gasteiger charge is 2.36. The van der Waals surface area contributed by atoms with Gasteiger partial charge in [-0.15, -0.1) is 0 Å². The van der Waals surface area contributed by atoms with Crippen molar-refractivity contribution in [2.24, 2.45) is 5.92 Å². The van der Waals surface area contributed by atoms with Gasteiger partial charge in [0, 0.05) is 7.11 Å². The van der Waals surface area contributed by atoms with Crippen LogP contribution in [0, 0.1) is 25.2 Å². The third kappa shape index (κ3) is 4.28. The number of fused-ring (bicyclic) bond motifs is 1. The van der Waals surface area contributed by atoms with Crippen molar-refractivity contribution in [2.75, 3.05) is 13.7 Å². The van der Waals surface area contributed by atoms with Gasteiger partial charge < -0.3 is 13.9 Å². The second-order valence-corrected chi connectivity index (χ2v) is 9.54. The molecule has 0 amide bonds. The van der Waals surface area contributed by atoms with E-state index in [-0.39, 0.29) is 12.1 Å². The molecular formula is C29H33N3O. The van der Waals surface area contributed by atoms with Gasteiger partial charge in [-0.3, -0.25) is 5.41 Å². The van der Waals surface area contributed by atoms with Crippen LogP contribution in [0.5, 0.6) is 0 Å². The number of para-hydroxylation sites is 2. The van der Waals surface area contributed by atoms with E-state index in [9.17, 15) is 5.41 Å². The van der Waals surface area contributed by atoms with Crippen molar-refractivity contribution in [1.29, 1.82) is 5.41 Å². The van der Waals surface area contributed by atoms with Crippen molar-refractivity contribution in [3.63, 3.8) is 0 Å². The van der Waals surface area contributed by atoms with E-state index in [4.69, 9.17) is 4.74 Å². The number of hydrogen-bond donors (Lipinski definition) is 1. The third-order valence-corrected chi connectivity index (χ3v) is 6.94. The van der Waals surface area contributed by atoms with Gasteiger partial charge in [-0.2, -0.15) is 0 Å². The summed E-state index contributed by atoms with van der Waals surface area (Å²) >= 11 is 0. The average Bonchev–Trinajstić information content (AvgIpc) is 3.61. The van der Waals surface area contributed by atoms with E-state index < -0.39 is 0 Å². The number of aryl methyl sites for hydroxylation is 2. The monoisotopic (exact) mass is 439 g/mol. The smallest absolute Gasteiger partial charge is 0.203 e. The summed E-state index contributed by atoms with van der Waals surface area (Å²) in [6.45, 7) is 4.81. The van der Waals surface area contributed by atoms with Crippen LogP contribution in [0.4, 0.5) is 0 Å². The summed E-state index contributed by atoms with van der Waals surface area (Å²) in [5.41, 5.74) is 7.89. The molecule has 1 fully saturated rings. The van der Waals surface area contributed by atoms with Crippen LogP contribution in [0.15, 0.2) is 72.8 Å². The summed E-state index contributed by atoms with van der Waals surface area (Å²) in [6, 6.07) is 26.3. The molecule has 4 nitrogen and oxygen atoms in total. The Kier molecular flexibility index (Phi) is 5.94. The maximum absolute atomic E-state index is 9.40. The highest BCUT2D eigenvalue weighted by atomic mass is 16.5. The quantitative estimate of drug-likeness (QED) is 0.361. The Balaban J connectivity index is 1.65. The van der Waals surface area contributed by atoms with Crippen molar-refractivity contribution in [3.05, 3.63) is 101 Å². The Morgan fingerprint density at radius 1 is 0.848 bits per heavy atom. The zero-order valence-corrected chi connectivity index (χ0v) is 19.8. The molecule has 1 aliphatic carbocycles. The predicted octanol–water partition coefficient (Wildman–Crippen LogP) is 5.97. The second kappa shape index (κ2) is 9.03. The summed E-state index contributed by atoms with van der Waals surface area (Å²) in [4.78, 5) is 0. The Hall–Kier alpha value is -3.11. The molecule has 1 saturated carbocycles. The number of imidazole rings is 1. The lowest BCUT2D eigenvalue weighted by Gasteiger charge is -2.22. The standard InChI is InChI=1S/C29H33N3O/c1-20-8-12-22(13-9-20)18-25(19-33-3)31-26-6-4-5-7-27(26)32(29(31)30)28(24-16-17-24)23-14-10-21(2)11-15-23/h4-15,24-25,28,30H,16-19H2,1-3H3/t25-,28?/m0/s1. The first-order valence-electron chi connectivity index (χ1n) is 11.9. The van der Waals surface area contributed by atoms with E-state index in [0.717, 1.165) is 17.5 Å². The molecule has 0 bridgehead atoms. The van der Waals surface area contributed by atoms with Crippen LogP contribution < -0.4 is 5.62 Å². The minimum absolute atomic E-state index is 0.0502. The minimum Gasteiger partial charge on any atom is -0.383 e. The number of ether oxygens (including phenoxy) is 1. The summed E-state index contributed by atoms with van der Waals surface area (Å²) in [7, 11) is 1.75. The van der Waals surface area contributed by atoms with Crippen LogP contribution in [0.25, 0.3) is 11.0 Å². The van der Waals surface area contributed by atoms with Gasteiger partial charge in [0.15, 0.2) is 0 Å². The molecule has 3 aromatic carbocycles. The Labute approximate surface area is 196 Å². The molecule has 4 heteroatoms. The molecule has 5 rings (SSSR count). The molecule has 2 atom stereocenters. The molecule has 0 radical (unpaired) electrons. The van der Waals surface area contributed by atoms with Gasteiger partial charge >= 0.3 is 0 Å². The maximum atomic E-state index is 9.40. The fourth-order valence-corrected chi connectivity index (χ4v) is 5.09. The van der Waals surface area contributed by atoms with Gasteiger partial charge in [-0.1, -0.05) is 71.8 Å². The SMILES string of the molecule is COC[C@H](Cc1ccc(C)cc1)n1c(=N)n(C(c2ccc(C)cc2)C2CC2)c2ccccc21. The van der Waals surface area contributed by atoms with Crippen LogP contribution >= 0.6 is 0 Å². The summed E-state index contributed by atoms with van der Waals surface area (Å²) in [6.07, 6.45) is 3.27. The topological polar surface area (TPSA) is 42.9 Å². The van der Waals surface area contributed by atoms with Crippen molar-refractivity contribution >= 4 is 11.0 Å². The first kappa shape index (κ1) is 21.7. The lowest BCUT2D eigenvalue weighted by atomic mass is 10.0. The third-order valence-electron chi connectivity index (χ3n) is 6.94. The molecular weight excluding hydrogens is 406 g/mol. The molecule has 170 valence electrons. The number of hydrogen-bond acceptors (Lipinski definition) is 2. The molecule has 1 aromatic heterocycles. The molecule has 1 aliphatic rings. The highest BCUT2D eigenvalue weighted by Crippen LogP contribution is 2.44. The van der Waals surface area contributed by atoms with Gasteiger partial charge in [0.2, 0.25) is 5.62 Å². The van der Waals surface area contributed by atoms with Crippen LogP contribution in [-0.2, 0) is 11.2 Å². The van der Waals surface area contributed by atoms with Gasteiger partial charge in [0.25, 0.3) is 0 Å². The van der Waals surface area contributed by atoms with E-state index in [0.29, 0.717) is 18.1 Å². The Morgan fingerprint density at radius 3 is 2.00 bits per heavy atom. The average molecular weight is 440 g/mol.